The van der Waals surface area contributed by atoms with E-state index in [-0.39, 0.29) is 0 Å². The van der Waals surface area contributed by atoms with E-state index in [1.54, 1.807) is 13.3 Å². The topological polar surface area (TPSA) is 39.1 Å². The summed E-state index contributed by atoms with van der Waals surface area (Å²) in [6.07, 6.45) is 1.78. The molecule has 0 aliphatic rings. The van der Waals surface area contributed by atoms with Crippen LogP contribution in [0.4, 0.5) is 0 Å². The summed E-state index contributed by atoms with van der Waals surface area (Å²) in [5.41, 5.74) is 1.12. The quantitative estimate of drug-likeness (QED) is 0.807. The van der Waals surface area contributed by atoms with Gasteiger partial charge in [-0.1, -0.05) is 13.8 Å². The van der Waals surface area contributed by atoms with Gasteiger partial charge in [-0.2, -0.15) is 5.10 Å². The van der Waals surface area contributed by atoms with E-state index in [9.17, 15) is 0 Å². The van der Waals surface area contributed by atoms with Crippen LogP contribution in [0.3, 0.4) is 0 Å². The molecule has 0 unspecified atom stereocenters. The molecule has 0 spiro atoms. The van der Waals surface area contributed by atoms with Gasteiger partial charge in [-0.05, 0) is 26.3 Å². The van der Waals surface area contributed by atoms with Crippen LogP contribution in [0.25, 0.3) is 0 Å². The van der Waals surface area contributed by atoms with Gasteiger partial charge in [0.1, 0.15) is 0 Å². The number of methoxy groups -OCH3 is 1. The van der Waals surface area contributed by atoms with E-state index in [0.29, 0.717) is 12.0 Å². The molecule has 0 radical (unpaired) electrons. The summed E-state index contributed by atoms with van der Waals surface area (Å²) >= 11 is 0. The lowest BCUT2D eigenvalue weighted by atomic mass is 10.2. The number of hydrogen-bond acceptors (Lipinski definition) is 3. The van der Waals surface area contributed by atoms with Crippen molar-refractivity contribution >= 4 is 0 Å². The van der Waals surface area contributed by atoms with E-state index >= 15 is 0 Å². The number of rotatable bonds is 6. The minimum atomic E-state index is 0.361. The SMILES string of the molecule is COc1cnn(C(C)C)c1CNCC(C)C. The molecule has 1 aromatic rings. The van der Waals surface area contributed by atoms with Gasteiger partial charge in [-0.15, -0.1) is 0 Å². The van der Waals surface area contributed by atoms with Crippen molar-refractivity contribution in [2.24, 2.45) is 5.92 Å². The number of hydrogen-bond donors (Lipinski definition) is 1. The molecular formula is C12H23N3O. The van der Waals surface area contributed by atoms with Crippen LogP contribution < -0.4 is 10.1 Å². The lowest BCUT2D eigenvalue weighted by Gasteiger charge is -2.13. The monoisotopic (exact) mass is 225 g/mol. The molecule has 0 amide bonds. The van der Waals surface area contributed by atoms with Gasteiger partial charge in [0.05, 0.1) is 19.0 Å². The van der Waals surface area contributed by atoms with Crippen LogP contribution in [-0.2, 0) is 6.54 Å². The van der Waals surface area contributed by atoms with Gasteiger partial charge in [0.25, 0.3) is 0 Å². The maximum Gasteiger partial charge on any atom is 0.161 e. The van der Waals surface area contributed by atoms with Gasteiger partial charge in [-0.3, -0.25) is 4.68 Å². The first-order valence-electron chi connectivity index (χ1n) is 5.87. The molecule has 1 aromatic heterocycles. The van der Waals surface area contributed by atoms with Crippen molar-refractivity contribution in [1.29, 1.82) is 0 Å². The normalized spacial score (nSPS) is 11.4. The van der Waals surface area contributed by atoms with Crippen LogP contribution in [0.15, 0.2) is 6.20 Å². The molecule has 0 aliphatic carbocycles. The molecule has 0 aromatic carbocycles. The van der Waals surface area contributed by atoms with E-state index in [2.05, 4.69) is 38.1 Å². The lowest BCUT2D eigenvalue weighted by molar-refractivity contribution is 0.399. The van der Waals surface area contributed by atoms with Gasteiger partial charge < -0.3 is 10.1 Å². The number of nitrogens with zero attached hydrogens (tertiary/aromatic N) is 2. The van der Waals surface area contributed by atoms with Crippen molar-refractivity contribution in [2.75, 3.05) is 13.7 Å². The zero-order chi connectivity index (χ0) is 12.1. The van der Waals surface area contributed by atoms with E-state index in [4.69, 9.17) is 4.74 Å². The Balaban J connectivity index is 2.71. The summed E-state index contributed by atoms with van der Waals surface area (Å²) in [4.78, 5) is 0. The molecule has 16 heavy (non-hydrogen) atoms. The zero-order valence-electron chi connectivity index (χ0n) is 10.9. The van der Waals surface area contributed by atoms with Crippen molar-refractivity contribution in [2.45, 2.75) is 40.3 Å². The summed E-state index contributed by atoms with van der Waals surface area (Å²) in [6, 6.07) is 0.361. The highest BCUT2D eigenvalue weighted by Gasteiger charge is 2.12. The molecule has 0 bridgehead atoms. The van der Waals surface area contributed by atoms with Gasteiger partial charge >= 0.3 is 0 Å². The van der Waals surface area contributed by atoms with Crippen LogP contribution in [0.2, 0.25) is 0 Å². The van der Waals surface area contributed by atoms with Crippen molar-refractivity contribution in [3.05, 3.63) is 11.9 Å². The molecule has 4 heteroatoms. The Labute approximate surface area is 98.0 Å². The fourth-order valence-corrected chi connectivity index (χ4v) is 1.63. The standard InChI is InChI=1S/C12H23N3O/c1-9(2)6-13-7-11-12(16-5)8-14-15(11)10(3)4/h8-10,13H,6-7H2,1-5H3. The average molecular weight is 225 g/mol. The number of aromatic nitrogens is 2. The van der Waals surface area contributed by atoms with Gasteiger partial charge in [-0.25, -0.2) is 0 Å². The third kappa shape index (κ3) is 3.23. The van der Waals surface area contributed by atoms with Gasteiger partial charge in [0.15, 0.2) is 5.75 Å². The first-order chi connectivity index (χ1) is 7.56. The summed E-state index contributed by atoms with van der Waals surface area (Å²) in [5, 5.41) is 7.75. The highest BCUT2D eigenvalue weighted by atomic mass is 16.5. The molecule has 1 heterocycles. The second kappa shape index (κ2) is 5.89. The van der Waals surface area contributed by atoms with E-state index in [1.165, 1.54) is 0 Å². The molecule has 0 saturated carbocycles. The fourth-order valence-electron chi connectivity index (χ4n) is 1.63. The first kappa shape index (κ1) is 13.0. The smallest absolute Gasteiger partial charge is 0.161 e. The minimum Gasteiger partial charge on any atom is -0.493 e. The molecule has 0 fully saturated rings. The predicted octanol–water partition coefficient (Wildman–Crippen LogP) is 2.22. The largest absolute Gasteiger partial charge is 0.493 e. The maximum atomic E-state index is 5.31. The van der Waals surface area contributed by atoms with E-state index in [1.807, 2.05) is 4.68 Å². The van der Waals surface area contributed by atoms with Gasteiger partial charge in [0.2, 0.25) is 0 Å². The number of ether oxygens (including phenoxy) is 1. The van der Waals surface area contributed by atoms with Crippen molar-refractivity contribution in [3.63, 3.8) is 0 Å². The molecular weight excluding hydrogens is 202 g/mol. The Morgan fingerprint density at radius 2 is 2.06 bits per heavy atom. The van der Waals surface area contributed by atoms with Crippen LogP contribution >= 0.6 is 0 Å². The average Bonchev–Trinajstić information content (AvgIpc) is 2.60. The summed E-state index contributed by atoms with van der Waals surface area (Å²) in [7, 11) is 1.69. The highest BCUT2D eigenvalue weighted by Crippen LogP contribution is 2.20. The third-order valence-electron chi connectivity index (χ3n) is 2.41. The Morgan fingerprint density at radius 3 is 2.56 bits per heavy atom. The van der Waals surface area contributed by atoms with Crippen molar-refractivity contribution in [3.8, 4) is 5.75 Å². The van der Waals surface area contributed by atoms with Crippen LogP contribution in [0.5, 0.6) is 5.75 Å². The zero-order valence-corrected chi connectivity index (χ0v) is 10.9. The summed E-state index contributed by atoms with van der Waals surface area (Å²) < 4.78 is 7.32. The Kier molecular flexibility index (Phi) is 4.80. The van der Waals surface area contributed by atoms with E-state index in [0.717, 1.165) is 24.5 Å². The first-order valence-corrected chi connectivity index (χ1v) is 5.87. The van der Waals surface area contributed by atoms with Crippen molar-refractivity contribution in [1.82, 2.24) is 15.1 Å². The molecule has 1 N–H and O–H groups in total. The Bertz CT molecular complexity index is 318. The van der Waals surface area contributed by atoms with Crippen LogP contribution in [-0.4, -0.2) is 23.4 Å². The summed E-state index contributed by atoms with van der Waals surface area (Å²) in [6.45, 7) is 10.5. The molecule has 4 nitrogen and oxygen atoms in total. The minimum absolute atomic E-state index is 0.361. The molecule has 0 saturated heterocycles. The maximum absolute atomic E-state index is 5.31. The molecule has 0 atom stereocenters. The lowest BCUT2D eigenvalue weighted by Crippen LogP contribution is -2.22. The van der Waals surface area contributed by atoms with Gasteiger partial charge in [0, 0.05) is 12.6 Å². The molecule has 92 valence electrons. The second-order valence-electron chi connectivity index (χ2n) is 4.72. The third-order valence-corrected chi connectivity index (χ3v) is 2.41. The molecule has 1 rings (SSSR count). The van der Waals surface area contributed by atoms with Crippen molar-refractivity contribution < 1.29 is 4.74 Å². The highest BCUT2D eigenvalue weighted by molar-refractivity contribution is 5.25. The molecule has 0 aliphatic heterocycles. The van der Waals surface area contributed by atoms with Crippen LogP contribution in [0, 0.1) is 5.92 Å². The summed E-state index contributed by atoms with van der Waals surface area (Å²) in [5.74, 6) is 1.52. The second-order valence-corrected chi connectivity index (χ2v) is 4.72. The predicted molar refractivity (Wildman–Crippen MR) is 65.7 cm³/mol. The number of nitrogens with one attached hydrogen (secondary N) is 1. The Hall–Kier alpha value is -1.03. The Morgan fingerprint density at radius 1 is 1.38 bits per heavy atom. The fraction of sp³-hybridized carbons (Fsp3) is 0.750. The van der Waals surface area contributed by atoms with Crippen LogP contribution in [0.1, 0.15) is 39.4 Å². The van der Waals surface area contributed by atoms with E-state index < -0.39 is 0 Å².